The van der Waals surface area contributed by atoms with E-state index in [0.29, 0.717) is 41.9 Å². The molecule has 9 nitrogen and oxygen atoms in total. The fourth-order valence-electron chi connectivity index (χ4n) is 6.06. The first kappa shape index (κ1) is 32.9. The summed E-state index contributed by atoms with van der Waals surface area (Å²) in [6, 6.07) is 18.0. The summed E-state index contributed by atoms with van der Waals surface area (Å²) in [6.45, 7) is 3.48. The van der Waals surface area contributed by atoms with Crippen molar-refractivity contribution in [2.24, 2.45) is 7.05 Å². The number of nitrogens with one attached hydrogen (secondary N) is 3. The lowest BCUT2D eigenvalue weighted by molar-refractivity contribution is -0.119. The highest BCUT2D eigenvalue weighted by molar-refractivity contribution is 6.39. The van der Waals surface area contributed by atoms with Crippen molar-refractivity contribution in [1.29, 1.82) is 0 Å². The van der Waals surface area contributed by atoms with E-state index in [9.17, 15) is 4.79 Å². The van der Waals surface area contributed by atoms with Crippen LogP contribution in [-0.2, 0) is 29.7 Å². The lowest BCUT2D eigenvalue weighted by Gasteiger charge is -2.16. The van der Waals surface area contributed by atoms with Crippen molar-refractivity contribution >= 4 is 40.1 Å². The van der Waals surface area contributed by atoms with Gasteiger partial charge in [-0.2, -0.15) is 0 Å². The highest BCUT2D eigenvalue weighted by atomic mass is 35.5. The summed E-state index contributed by atoms with van der Waals surface area (Å²) in [4.78, 5) is 21.2. The minimum absolute atomic E-state index is 0.111. The number of carbonyl (C=O) groups excluding carboxylic acids is 1. The van der Waals surface area contributed by atoms with E-state index in [0.717, 1.165) is 69.8 Å². The van der Waals surface area contributed by atoms with Crippen LogP contribution in [0.2, 0.25) is 10.0 Å². The number of fused-ring (bicyclic) bond motifs is 1. The number of nitrogens with zero attached hydrogens (tertiary/aromatic N) is 3. The molecule has 1 atom stereocenters. The van der Waals surface area contributed by atoms with E-state index in [1.807, 2.05) is 60.1 Å². The van der Waals surface area contributed by atoms with Crippen molar-refractivity contribution in [2.75, 3.05) is 33.9 Å². The molecule has 0 spiro atoms. The van der Waals surface area contributed by atoms with Crippen molar-refractivity contribution < 1.29 is 14.3 Å². The zero-order chi connectivity index (χ0) is 32.9. The molecule has 3 N–H and O–H groups in total. The second-order valence-corrected chi connectivity index (χ2v) is 12.4. The molecular weight excluding hydrogens is 635 g/mol. The number of carbonyl (C=O) groups is 1. The number of aromatic nitrogens is 3. The Kier molecular flexibility index (Phi) is 10.4. The Morgan fingerprint density at radius 2 is 1.79 bits per heavy atom. The third-order valence-electron chi connectivity index (χ3n) is 8.51. The number of hydrogen-bond acceptors (Lipinski definition) is 7. The van der Waals surface area contributed by atoms with E-state index < -0.39 is 0 Å². The lowest BCUT2D eigenvalue weighted by atomic mass is 9.99. The quantitative estimate of drug-likeness (QED) is 0.125. The van der Waals surface area contributed by atoms with E-state index >= 15 is 0 Å². The summed E-state index contributed by atoms with van der Waals surface area (Å²) in [5.74, 6) is 0.838. The van der Waals surface area contributed by atoms with Crippen LogP contribution in [0, 0.1) is 0 Å². The van der Waals surface area contributed by atoms with Crippen molar-refractivity contribution in [3.63, 3.8) is 0 Å². The van der Waals surface area contributed by atoms with Crippen LogP contribution in [0.1, 0.15) is 24.0 Å². The Hall–Kier alpha value is -3.99. The number of ether oxygens (including phenoxy) is 2. The van der Waals surface area contributed by atoms with Crippen LogP contribution in [0.15, 0.2) is 67.0 Å². The molecule has 0 radical (unpaired) electrons. The second-order valence-electron chi connectivity index (χ2n) is 11.7. The van der Waals surface area contributed by atoms with E-state index in [1.165, 1.54) is 5.56 Å². The van der Waals surface area contributed by atoms with Gasteiger partial charge in [-0.05, 0) is 36.2 Å². The van der Waals surface area contributed by atoms with Gasteiger partial charge in [-0.1, -0.05) is 53.5 Å². The van der Waals surface area contributed by atoms with E-state index in [1.54, 1.807) is 20.4 Å². The Bertz CT molecular complexity index is 1910. The van der Waals surface area contributed by atoms with Crippen molar-refractivity contribution in [3.8, 4) is 39.4 Å². The van der Waals surface area contributed by atoms with Gasteiger partial charge in [-0.25, -0.2) is 4.98 Å². The first-order chi connectivity index (χ1) is 22.9. The SMILES string of the molecule is COCCNCc1cn(C)c2nc(-c3cccc(-c4ccnc(-c5ccc(CNCC6CCC(=O)N6)c(OC)c5)c4Cl)c3Cl)ccc12. The van der Waals surface area contributed by atoms with E-state index in [4.69, 9.17) is 37.7 Å². The molecular formula is C36H38Cl2N6O3. The lowest BCUT2D eigenvalue weighted by Crippen LogP contribution is -2.35. The van der Waals surface area contributed by atoms with Gasteiger partial charge in [-0.3, -0.25) is 9.78 Å². The summed E-state index contributed by atoms with van der Waals surface area (Å²) in [5.41, 5.74) is 7.68. The van der Waals surface area contributed by atoms with Crippen LogP contribution in [0.25, 0.3) is 44.7 Å². The number of pyridine rings is 2. The zero-order valence-corrected chi connectivity index (χ0v) is 28.2. The molecule has 1 amide bonds. The summed E-state index contributed by atoms with van der Waals surface area (Å²) in [7, 11) is 5.35. The van der Waals surface area contributed by atoms with Crippen molar-refractivity contribution in [1.82, 2.24) is 30.5 Å². The fraction of sp³-hybridized carbons (Fsp3) is 0.306. The molecule has 1 fully saturated rings. The number of hydrogen-bond donors (Lipinski definition) is 3. The van der Waals surface area contributed by atoms with Crippen LogP contribution in [-0.4, -0.2) is 60.4 Å². The summed E-state index contributed by atoms with van der Waals surface area (Å²) in [6.07, 6.45) is 5.28. The molecule has 1 unspecified atom stereocenters. The van der Waals surface area contributed by atoms with Gasteiger partial charge in [0.2, 0.25) is 5.91 Å². The van der Waals surface area contributed by atoms with Gasteiger partial charge in [-0.15, -0.1) is 0 Å². The highest BCUT2D eigenvalue weighted by Gasteiger charge is 2.21. The van der Waals surface area contributed by atoms with Gasteiger partial charge in [0.25, 0.3) is 0 Å². The van der Waals surface area contributed by atoms with Crippen LogP contribution in [0.3, 0.4) is 0 Å². The van der Waals surface area contributed by atoms with Gasteiger partial charge in [0, 0.05) is 98.4 Å². The minimum Gasteiger partial charge on any atom is -0.496 e. The number of rotatable bonds is 13. The first-order valence-electron chi connectivity index (χ1n) is 15.6. The standard InChI is InChI=1S/C36H38Cl2N6O3/c1-44-21-24(19-39-15-16-46-2)26-10-11-30(43-36(26)44)29-6-4-5-27(33(29)37)28-13-14-41-35(34(28)38)22-7-8-23(31(17-22)47-3)18-40-20-25-9-12-32(45)42-25/h4-8,10-11,13-14,17,21,25,39-40H,9,12,15-16,18-20H2,1-3H3,(H,42,45). The van der Waals surface area contributed by atoms with E-state index in [2.05, 4.69) is 33.2 Å². The van der Waals surface area contributed by atoms with Crippen molar-refractivity contribution in [3.05, 3.63) is 88.2 Å². The minimum atomic E-state index is 0.111. The molecule has 6 rings (SSSR count). The third-order valence-corrected chi connectivity index (χ3v) is 9.30. The third kappa shape index (κ3) is 7.15. The molecule has 0 aliphatic carbocycles. The average molecular weight is 674 g/mol. The second kappa shape index (κ2) is 14.8. The monoisotopic (exact) mass is 672 g/mol. The van der Waals surface area contributed by atoms with Crippen LogP contribution in [0.4, 0.5) is 0 Å². The summed E-state index contributed by atoms with van der Waals surface area (Å²) >= 11 is 14.2. The van der Waals surface area contributed by atoms with Gasteiger partial charge in [0.1, 0.15) is 11.4 Å². The van der Waals surface area contributed by atoms with Crippen molar-refractivity contribution in [2.45, 2.75) is 32.0 Å². The molecule has 1 saturated heterocycles. The predicted octanol–water partition coefficient (Wildman–Crippen LogP) is 6.39. The molecule has 244 valence electrons. The summed E-state index contributed by atoms with van der Waals surface area (Å²) < 4.78 is 12.9. The summed E-state index contributed by atoms with van der Waals surface area (Å²) in [5, 5.41) is 12.0. The molecule has 5 aromatic rings. The van der Waals surface area contributed by atoms with Gasteiger partial charge < -0.3 is 30.0 Å². The van der Waals surface area contributed by atoms with Gasteiger partial charge in [0.05, 0.1) is 35.1 Å². The average Bonchev–Trinajstić information content (AvgIpc) is 3.64. The van der Waals surface area contributed by atoms with Crippen LogP contribution in [0.5, 0.6) is 5.75 Å². The molecule has 2 aromatic carbocycles. The Labute approximate surface area is 284 Å². The molecule has 1 aliphatic rings. The van der Waals surface area contributed by atoms with Crippen LogP contribution >= 0.6 is 23.2 Å². The molecule has 3 aromatic heterocycles. The first-order valence-corrected chi connectivity index (χ1v) is 16.4. The maximum absolute atomic E-state index is 11.5. The Balaban J connectivity index is 1.25. The number of methoxy groups -OCH3 is 2. The predicted molar refractivity (Wildman–Crippen MR) is 188 cm³/mol. The topological polar surface area (TPSA) is 102 Å². The molecule has 11 heteroatoms. The smallest absolute Gasteiger partial charge is 0.220 e. The normalized spacial score (nSPS) is 14.6. The highest BCUT2D eigenvalue weighted by Crippen LogP contribution is 2.42. The molecule has 1 aliphatic heterocycles. The maximum atomic E-state index is 11.5. The zero-order valence-electron chi connectivity index (χ0n) is 26.7. The van der Waals surface area contributed by atoms with Gasteiger partial charge in [0.15, 0.2) is 0 Å². The number of benzene rings is 2. The number of halogens is 2. The maximum Gasteiger partial charge on any atom is 0.220 e. The number of aryl methyl sites for hydroxylation is 1. The largest absolute Gasteiger partial charge is 0.496 e. The Morgan fingerprint density at radius 3 is 2.57 bits per heavy atom. The molecule has 0 bridgehead atoms. The molecule has 4 heterocycles. The number of amides is 1. The van der Waals surface area contributed by atoms with E-state index in [-0.39, 0.29) is 11.9 Å². The Morgan fingerprint density at radius 1 is 0.979 bits per heavy atom. The van der Waals surface area contributed by atoms with Crippen LogP contribution < -0.4 is 20.7 Å². The molecule has 0 saturated carbocycles. The van der Waals surface area contributed by atoms with Gasteiger partial charge >= 0.3 is 0 Å². The molecule has 47 heavy (non-hydrogen) atoms. The fourth-order valence-corrected chi connectivity index (χ4v) is 6.71.